The number of carbonyl (C=O) groups excluding carboxylic acids is 1. The fourth-order valence-electron chi connectivity index (χ4n) is 1.20. The summed E-state index contributed by atoms with van der Waals surface area (Å²) in [7, 11) is 0. The lowest BCUT2D eigenvalue weighted by atomic mass is 10.2. The standard InChI is InChI=1S/C10H10BrClN2O/c11-6-1-2-7(12)8(5-6)14-9(15)10(13)3-4-10/h1-2,5H,3-4,13H2,(H,14,15). The maximum Gasteiger partial charge on any atom is 0.244 e. The van der Waals surface area contributed by atoms with Crippen molar-refractivity contribution in [2.45, 2.75) is 18.4 Å². The van der Waals surface area contributed by atoms with Crippen molar-refractivity contribution in [3.05, 3.63) is 27.7 Å². The van der Waals surface area contributed by atoms with Crippen molar-refractivity contribution < 1.29 is 4.79 Å². The number of hydrogen-bond acceptors (Lipinski definition) is 2. The molecule has 1 saturated carbocycles. The topological polar surface area (TPSA) is 55.1 Å². The molecule has 0 spiro atoms. The number of halogens is 2. The second kappa shape index (κ2) is 3.77. The van der Waals surface area contributed by atoms with Crippen molar-refractivity contribution in [2.75, 3.05) is 5.32 Å². The Bertz CT molecular complexity index is 418. The highest BCUT2D eigenvalue weighted by Crippen LogP contribution is 2.34. The smallest absolute Gasteiger partial charge is 0.244 e. The van der Waals surface area contributed by atoms with Gasteiger partial charge in [-0.25, -0.2) is 0 Å². The lowest BCUT2D eigenvalue weighted by molar-refractivity contribution is -0.118. The fourth-order valence-corrected chi connectivity index (χ4v) is 1.73. The van der Waals surface area contributed by atoms with Crippen molar-refractivity contribution in [3.8, 4) is 0 Å². The largest absolute Gasteiger partial charge is 0.323 e. The molecule has 0 radical (unpaired) electrons. The molecule has 80 valence electrons. The average Bonchev–Trinajstić information content (AvgIpc) is 2.91. The van der Waals surface area contributed by atoms with Crippen LogP contribution in [0.15, 0.2) is 22.7 Å². The van der Waals surface area contributed by atoms with E-state index < -0.39 is 5.54 Å². The zero-order valence-electron chi connectivity index (χ0n) is 7.89. The molecular formula is C10H10BrClN2O. The van der Waals surface area contributed by atoms with Crippen LogP contribution in [-0.2, 0) is 4.79 Å². The second-order valence-corrected chi connectivity index (χ2v) is 5.06. The van der Waals surface area contributed by atoms with Crippen LogP contribution in [0.2, 0.25) is 5.02 Å². The van der Waals surface area contributed by atoms with Crippen LogP contribution in [0.1, 0.15) is 12.8 Å². The van der Waals surface area contributed by atoms with Crippen molar-refractivity contribution in [1.29, 1.82) is 0 Å². The molecule has 2 rings (SSSR count). The Hall–Kier alpha value is -0.580. The molecular weight excluding hydrogens is 279 g/mol. The second-order valence-electron chi connectivity index (χ2n) is 3.73. The highest BCUT2D eigenvalue weighted by Gasteiger charge is 2.46. The van der Waals surface area contributed by atoms with Crippen LogP contribution in [0.25, 0.3) is 0 Å². The minimum Gasteiger partial charge on any atom is -0.323 e. The molecule has 3 nitrogen and oxygen atoms in total. The van der Waals surface area contributed by atoms with Gasteiger partial charge in [0.2, 0.25) is 5.91 Å². The molecule has 1 aliphatic carbocycles. The molecule has 3 N–H and O–H groups in total. The van der Waals surface area contributed by atoms with Gasteiger partial charge in [0.05, 0.1) is 16.2 Å². The quantitative estimate of drug-likeness (QED) is 0.879. The number of carbonyl (C=O) groups is 1. The number of hydrogen-bond donors (Lipinski definition) is 2. The summed E-state index contributed by atoms with van der Waals surface area (Å²) in [6.07, 6.45) is 1.48. The molecule has 0 heterocycles. The number of nitrogens with two attached hydrogens (primary N) is 1. The molecule has 0 aliphatic heterocycles. The highest BCUT2D eigenvalue weighted by atomic mass is 79.9. The van der Waals surface area contributed by atoms with Crippen LogP contribution in [0.3, 0.4) is 0 Å². The molecule has 1 aliphatic rings. The lowest BCUT2D eigenvalue weighted by Gasteiger charge is -2.11. The fraction of sp³-hybridized carbons (Fsp3) is 0.300. The summed E-state index contributed by atoms with van der Waals surface area (Å²) in [6.45, 7) is 0. The molecule has 0 aromatic heterocycles. The lowest BCUT2D eigenvalue weighted by Crippen LogP contribution is -2.37. The van der Waals surface area contributed by atoms with Crippen LogP contribution in [0, 0.1) is 0 Å². The minimum absolute atomic E-state index is 0.164. The van der Waals surface area contributed by atoms with E-state index in [1.807, 2.05) is 6.07 Å². The molecule has 5 heteroatoms. The Labute approximate surface area is 101 Å². The van der Waals surface area contributed by atoms with Crippen LogP contribution < -0.4 is 11.1 Å². The van der Waals surface area contributed by atoms with Crippen molar-refractivity contribution in [1.82, 2.24) is 0 Å². The normalized spacial score (nSPS) is 17.3. The Balaban J connectivity index is 2.16. The third-order valence-corrected chi connectivity index (χ3v) is 3.24. The summed E-state index contributed by atoms with van der Waals surface area (Å²) < 4.78 is 0.865. The maximum absolute atomic E-state index is 11.6. The van der Waals surface area contributed by atoms with Gasteiger partial charge in [0, 0.05) is 4.47 Å². The van der Waals surface area contributed by atoms with Gasteiger partial charge in [0.25, 0.3) is 0 Å². The molecule has 15 heavy (non-hydrogen) atoms. The Morgan fingerprint density at radius 1 is 1.53 bits per heavy atom. The van der Waals surface area contributed by atoms with Gasteiger partial charge in [0.1, 0.15) is 0 Å². The number of amides is 1. The van der Waals surface area contributed by atoms with Gasteiger partial charge in [-0.1, -0.05) is 27.5 Å². The first-order valence-corrected chi connectivity index (χ1v) is 5.74. The van der Waals surface area contributed by atoms with E-state index in [1.54, 1.807) is 12.1 Å². The molecule has 0 saturated heterocycles. The van der Waals surface area contributed by atoms with Crippen LogP contribution in [-0.4, -0.2) is 11.4 Å². The summed E-state index contributed by atoms with van der Waals surface area (Å²) >= 11 is 9.25. The monoisotopic (exact) mass is 288 g/mol. The Morgan fingerprint density at radius 3 is 2.80 bits per heavy atom. The van der Waals surface area contributed by atoms with Gasteiger partial charge in [-0.15, -0.1) is 0 Å². The van der Waals surface area contributed by atoms with Gasteiger partial charge in [-0.2, -0.15) is 0 Å². The van der Waals surface area contributed by atoms with Gasteiger partial charge >= 0.3 is 0 Å². The van der Waals surface area contributed by atoms with Crippen molar-refractivity contribution in [3.63, 3.8) is 0 Å². The van der Waals surface area contributed by atoms with Crippen LogP contribution in [0.5, 0.6) is 0 Å². The maximum atomic E-state index is 11.6. The van der Waals surface area contributed by atoms with E-state index in [4.69, 9.17) is 17.3 Å². The number of nitrogens with one attached hydrogen (secondary N) is 1. The first-order valence-electron chi connectivity index (χ1n) is 4.57. The summed E-state index contributed by atoms with van der Waals surface area (Å²) in [6, 6.07) is 5.29. The first-order chi connectivity index (χ1) is 7.01. The molecule has 1 aromatic rings. The molecule has 1 amide bonds. The predicted octanol–water partition coefficient (Wildman–Crippen LogP) is 2.53. The number of anilines is 1. The minimum atomic E-state index is -0.675. The van der Waals surface area contributed by atoms with Gasteiger partial charge in [-0.05, 0) is 31.0 Å². The van der Waals surface area contributed by atoms with E-state index >= 15 is 0 Å². The van der Waals surface area contributed by atoms with Gasteiger partial charge in [-0.3, -0.25) is 4.79 Å². The SMILES string of the molecule is NC1(C(=O)Nc2cc(Br)ccc2Cl)CC1. The Morgan fingerprint density at radius 2 is 2.20 bits per heavy atom. The molecule has 1 aromatic carbocycles. The molecule has 0 unspecified atom stereocenters. The average molecular weight is 290 g/mol. The summed E-state index contributed by atoms with van der Waals surface area (Å²) in [5, 5.41) is 3.24. The van der Waals surface area contributed by atoms with E-state index in [0.29, 0.717) is 10.7 Å². The Kier molecular flexibility index (Phi) is 2.75. The summed E-state index contributed by atoms with van der Waals surface area (Å²) in [5.74, 6) is -0.164. The molecule has 1 fully saturated rings. The van der Waals surface area contributed by atoms with E-state index in [0.717, 1.165) is 17.3 Å². The van der Waals surface area contributed by atoms with E-state index in [2.05, 4.69) is 21.2 Å². The molecule has 0 bridgehead atoms. The molecule has 0 atom stereocenters. The first kappa shape index (κ1) is 10.9. The zero-order chi connectivity index (χ0) is 11.1. The number of rotatable bonds is 2. The van der Waals surface area contributed by atoms with Crippen LogP contribution >= 0.6 is 27.5 Å². The number of benzene rings is 1. The highest BCUT2D eigenvalue weighted by molar-refractivity contribution is 9.10. The summed E-state index contributed by atoms with van der Waals surface area (Å²) in [4.78, 5) is 11.6. The van der Waals surface area contributed by atoms with Gasteiger partial charge in [0.15, 0.2) is 0 Å². The van der Waals surface area contributed by atoms with E-state index in [-0.39, 0.29) is 5.91 Å². The third-order valence-electron chi connectivity index (χ3n) is 2.42. The zero-order valence-corrected chi connectivity index (χ0v) is 10.2. The third kappa shape index (κ3) is 2.33. The van der Waals surface area contributed by atoms with Crippen molar-refractivity contribution >= 4 is 39.1 Å². The van der Waals surface area contributed by atoms with E-state index in [9.17, 15) is 4.79 Å². The van der Waals surface area contributed by atoms with Gasteiger partial charge < -0.3 is 11.1 Å². The predicted molar refractivity (Wildman–Crippen MR) is 63.9 cm³/mol. The van der Waals surface area contributed by atoms with Crippen LogP contribution in [0.4, 0.5) is 5.69 Å². The van der Waals surface area contributed by atoms with Crippen molar-refractivity contribution in [2.24, 2.45) is 5.73 Å². The summed E-state index contributed by atoms with van der Waals surface area (Å²) in [5.41, 5.74) is 5.67. The van der Waals surface area contributed by atoms with E-state index in [1.165, 1.54) is 0 Å².